The van der Waals surface area contributed by atoms with Crippen LogP contribution in [-0.2, 0) is 0 Å². The number of hydrogen-bond acceptors (Lipinski definition) is 0. The third-order valence-corrected chi connectivity index (χ3v) is 2.96. The van der Waals surface area contributed by atoms with E-state index in [9.17, 15) is 0 Å². The van der Waals surface area contributed by atoms with Gasteiger partial charge in [0.1, 0.15) is 0 Å². The van der Waals surface area contributed by atoms with Crippen LogP contribution in [0.1, 0.15) is 0 Å². The Balaban J connectivity index is 4.56. The quantitative estimate of drug-likeness (QED) is 0.351. The van der Waals surface area contributed by atoms with E-state index < -0.39 is 0 Å². The maximum Gasteiger partial charge on any atom is 0 e. The highest BCUT2D eigenvalue weighted by molar-refractivity contribution is 5.50. The fourth-order valence-electron chi connectivity index (χ4n) is 1.45. The first-order valence-corrected chi connectivity index (χ1v) is 12.3. The lowest BCUT2D eigenvalue weighted by Crippen LogP contribution is -1.57. The van der Waals surface area contributed by atoms with Gasteiger partial charge in [-0.25, -0.2) is 0 Å². The maximum absolute atomic E-state index is 4.94. The molecule has 0 saturated carbocycles. The zero-order valence-electron chi connectivity index (χ0n) is 25.2. The lowest BCUT2D eigenvalue weighted by molar-refractivity contribution is 2.31. The Morgan fingerprint density at radius 1 is 0.100 bits per heavy atom. The first kappa shape index (κ1) is 39.0. The van der Waals surface area contributed by atoms with Crippen LogP contribution in [0.4, 0.5) is 0 Å². The summed E-state index contributed by atoms with van der Waals surface area (Å²) in [7, 11) is 0. The Morgan fingerprint density at radius 2 is 0.160 bits per heavy atom. The Bertz CT molecular complexity index is 2840. The van der Waals surface area contributed by atoms with Crippen LogP contribution in [0.15, 0.2) is 0 Å². The average Bonchev–Trinajstić information content (AvgIpc) is 3.13. The Labute approximate surface area is 296 Å². The second-order valence-corrected chi connectivity index (χ2v) is 6.04. The molecule has 0 unspecified atom stereocenters. The third-order valence-electron chi connectivity index (χ3n) is 2.96. The van der Waals surface area contributed by atoms with Gasteiger partial charge in [0.2, 0.25) is 0 Å². The molecule has 0 aromatic rings. The summed E-state index contributed by atoms with van der Waals surface area (Å²) in [6.45, 7) is 0. The molecule has 0 aliphatic carbocycles. The van der Waals surface area contributed by atoms with E-state index in [0.29, 0.717) is 0 Å². The van der Waals surface area contributed by atoms with Crippen molar-refractivity contribution in [2.75, 3.05) is 0 Å². The van der Waals surface area contributed by atoms with Crippen molar-refractivity contribution in [3.63, 3.8) is 0 Å². The fourth-order valence-corrected chi connectivity index (χ4v) is 1.45. The highest BCUT2D eigenvalue weighted by atomic mass is 13.6. The van der Waals surface area contributed by atoms with E-state index in [1.165, 1.54) is 0 Å². The molecule has 0 aliphatic heterocycles. The molecule has 202 valence electrons. The second-order valence-electron chi connectivity index (χ2n) is 6.04. The molecule has 0 rings (SSSR count). The predicted molar refractivity (Wildman–Crippen MR) is 197 cm³/mol. The van der Waals surface area contributed by atoms with Crippen molar-refractivity contribution in [3.05, 3.63) is 0 Å². The van der Waals surface area contributed by atoms with Gasteiger partial charge in [0.15, 0.2) is 0 Å². The lowest BCUT2D eigenvalue weighted by atomic mass is 10.4. The molecule has 0 N–H and O–H groups in total. The van der Waals surface area contributed by atoms with E-state index in [4.69, 9.17) is 12.8 Å². The van der Waals surface area contributed by atoms with Crippen LogP contribution in [0, 0.1) is 297 Å². The van der Waals surface area contributed by atoms with Crippen molar-refractivity contribution in [1.82, 2.24) is 0 Å². The molecule has 0 heteroatoms. The SMILES string of the molecule is C#CC#CC#CC#CC#CC#CC#CC#CC#CC#CC#CC#CC#CC#CC#CC#CC#CC#CC#CC#CC#CC#CC#CC#CC#C. The summed E-state index contributed by atoms with van der Waals surface area (Å²) in [6.07, 6.45) is 9.87. The minimum atomic E-state index is 2.12. The average molecular weight is 603 g/mol. The van der Waals surface area contributed by atoms with Gasteiger partial charge < -0.3 is 0 Å². The molecule has 0 nitrogen and oxygen atoms in total. The fraction of sp³-hybridized carbons (Fsp3) is 0. The largest absolute Gasteiger partial charge is 0.106 e. The van der Waals surface area contributed by atoms with Gasteiger partial charge in [-0.2, -0.15) is 0 Å². The summed E-state index contributed by atoms with van der Waals surface area (Å²) in [5.41, 5.74) is 0. The van der Waals surface area contributed by atoms with Crippen LogP contribution in [0.3, 0.4) is 0 Å². The lowest BCUT2D eigenvalue weighted by Gasteiger charge is -1.57. The van der Waals surface area contributed by atoms with Gasteiger partial charge in [0.25, 0.3) is 0 Å². The number of terminal acetylenes is 2. The molecule has 0 aliphatic rings. The van der Waals surface area contributed by atoms with Crippen molar-refractivity contribution in [3.8, 4) is 297 Å². The van der Waals surface area contributed by atoms with E-state index in [2.05, 4.69) is 284 Å². The molecule has 0 spiro atoms. The molecule has 0 aromatic heterocycles. The third kappa shape index (κ3) is 37.0. The minimum absolute atomic E-state index is 2.12. The topological polar surface area (TPSA) is 0 Å². The number of hydrogen-bond donors (Lipinski definition) is 0. The molecule has 0 fully saturated rings. The number of rotatable bonds is 0. The van der Waals surface area contributed by atoms with Gasteiger partial charge in [-0.15, -0.1) is 12.8 Å². The Hall–Kier alpha value is -11.0. The highest BCUT2D eigenvalue weighted by Crippen LogP contribution is 1.62. The van der Waals surface area contributed by atoms with Crippen LogP contribution < -0.4 is 0 Å². The zero-order chi connectivity index (χ0) is 35.9. The van der Waals surface area contributed by atoms with Crippen LogP contribution in [0.5, 0.6) is 0 Å². The molecule has 0 saturated heterocycles. The van der Waals surface area contributed by atoms with Gasteiger partial charge in [-0.1, -0.05) is 0 Å². The standard InChI is InChI=1S/C50H2/c1-3-5-7-9-11-13-15-17-19-21-23-25-27-29-31-33-35-37-39-41-43-45-47-49-50-48-46-44-42-40-38-36-34-32-30-28-26-24-22-20-18-16-14-12-10-8-6-4-2/h1-2H. The Kier molecular flexibility index (Phi) is 29.6. The first-order valence-electron chi connectivity index (χ1n) is 12.3. The van der Waals surface area contributed by atoms with Crippen molar-refractivity contribution < 1.29 is 0 Å². The van der Waals surface area contributed by atoms with Crippen molar-refractivity contribution >= 4 is 0 Å². The Morgan fingerprint density at radius 3 is 0.220 bits per heavy atom. The molecule has 50 heavy (non-hydrogen) atoms. The molecule has 0 heterocycles. The molecule has 0 atom stereocenters. The maximum atomic E-state index is 4.94. The molecule has 0 amide bonds. The van der Waals surface area contributed by atoms with Gasteiger partial charge in [0, 0.05) is 189 Å². The van der Waals surface area contributed by atoms with E-state index >= 15 is 0 Å². The van der Waals surface area contributed by atoms with E-state index in [1.54, 1.807) is 0 Å². The zero-order valence-corrected chi connectivity index (χ0v) is 25.2. The van der Waals surface area contributed by atoms with E-state index in [1.807, 2.05) is 0 Å². The van der Waals surface area contributed by atoms with E-state index in [-0.39, 0.29) is 0 Å². The summed E-state index contributed by atoms with van der Waals surface area (Å²) in [4.78, 5) is 0. The van der Waals surface area contributed by atoms with Crippen molar-refractivity contribution in [2.24, 2.45) is 0 Å². The smallest absolute Gasteiger partial charge is 0 e. The highest BCUT2D eigenvalue weighted by Gasteiger charge is 1.62. The van der Waals surface area contributed by atoms with Crippen molar-refractivity contribution in [2.45, 2.75) is 0 Å². The van der Waals surface area contributed by atoms with Gasteiger partial charge in [-0.05, 0) is 94.7 Å². The van der Waals surface area contributed by atoms with Gasteiger partial charge in [0.05, 0.1) is 0 Å². The van der Waals surface area contributed by atoms with Crippen LogP contribution in [0.25, 0.3) is 0 Å². The van der Waals surface area contributed by atoms with Gasteiger partial charge >= 0.3 is 0 Å². The van der Waals surface area contributed by atoms with Crippen LogP contribution in [0.2, 0.25) is 0 Å². The molecular formula is C50H2. The normalized spacial score (nSPS) is 3.88. The second kappa shape index (κ2) is 38.0. The monoisotopic (exact) mass is 602 g/mol. The van der Waals surface area contributed by atoms with Crippen LogP contribution >= 0.6 is 0 Å². The predicted octanol–water partition coefficient (Wildman–Crippen LogP) is 0.331. The minimum Gasteiger partial charge on any atom is -0.106 e. The molecule has 0 bridgehead atoms. The summed E-state index contributed by atoms with van der Waals surface area (Å²) in [5.74, 6) is 118. The van der Waals surface area contributed by atoms with Crippen LogP contribution in [-0.4, -0.2) is 0 Å². The molecule has 0 radical (unpaired) electrons. The van der Waals surface area contributed by atoms with Crippen molar-refractivity contribution in [1.29, 1.82) is 0 Å². The summed E-state index contributed by atoms with van der Waals surface area (Å²) in [6, 6.07) is 0. The molecular weight excluding hydrogens is 601 g/mol. The van der Waals surface area contributed by atoms with E-state index in [0.717, 1.165) is 0 Å². The summed E-state index contributed by atoms with van der Waals surface area (Å²) >= 11 is 0. The first-order chi connectivity index (χ1) is 24.9. The summed E-state index contributed by atoms with van der Waals surface area (Å²) < 4.78 is 0. The van der Waals surface area contributed by atoms with Gasteiger partial charge in [-0.3, -0.25) is 0 Å². The molecule has 0 aromatic carbocycles. The summed E-state index contributed by atoms with van der Waals surface area (Å²) in [5, 5.41) is 0.